The number of benzene rings is 1. The first-order chi connectivity index (χ1) is 10.0. The van der Waals surface area contributed by atoms with Crippen LogP contribution in [-0.4, -0.2) is 32.3 Å². The molecule has 5 nitrogen and oxygen atoms in total. The van der Waals surface area contributed by atoms with Gasteiger partial charge in [0.2, 0.25) is 0 Å². The highest BCUT2D eigenvalue weighted by atomic mass is 79.9. The van der Waals surface area contributed by atoms with Gasteiger partial charge in [0.15, 0.2) is 11.5 Å². The molecular formula is C14H13Br2NO4. The first kappa shape index (κ1) is 15.9. The van der Waals surface area contributed by atoms with Gasteiger partial charge >= 0.3 is 5.97 Å². The zero-order valence-corrected chi connectivity index (χ0v) is 14.8. The zero-order valence-electron chi connectivity index (χ0n) is 11.6. The van der Waals surface area contributed by atoms with Crippen LogP contribution >= 0.6 is 31.9 Å². The molecule has 21 heavy (non-hydrogen) atoms. The molecule has 0 radical (unpaired) electrons. The Morgan fingerprint density at radius 1 is 1.10 bits per heavy atom. The zero-order chi connectivity index (χ0) is 15.6. The number of rotatable bonds is 4. The van der Waals surface area contributed by atoms with Gasteiger partial charge in [-0.25, -0.2) is 4.79 Å². The van der Waals surface area contributed by atoms with Crippen LogP contribution in [0.15, 0.2) is 27.3 Å². The van der Waals surface area contributed by atoms with Crippen LogP contribution < -0.4 is 9.47 Å². The molecule has 1 aromatic heterocycles. The van der Waals surface area contributed by atoms with Gasteiger partial charge in [0.25, 0.3) is 0 Å². The van der Waals surface area contributed by atoms with Crippen molar-refractivity contribution in [2.45, 2.75) is 0 Å². The lowest BCUT2D eigenvalue weighted by Gasteiger charge is -2.09. The number of aromatic nitrogens is 1. The monoisotopic (exact) mass is 417 g/mol. The Morgan fingerprint density at radius 3 is 2.33 bits per heavy atom. The Bertz CT molecular complexity index is 682. The maximum absolute atomic E-state index is 11.7. The van der Waals surface area contributed by atoms with Gasteiger partial charge in [-0.15, -0.1) is 0 Å². The van der Waals surface area contributed by atoms with Gasteiger partial charge in [0.05, 0.1) is 30.4 Å². The highest BCUT2D eigenvalue weighted by Crippen LogP contribution is 2.41. The molecule has 0 bridgehead atoms. The molecule has 2 rings (SSSR count). The second-order valence-electron chi connectivity index (χ2n) is 4.06. The quantitative estimate of drug-likeness (QED) is 0.762. The number of nitrogens with one attached hydrogen (secondary N) is 1. The van der Waals surface area contributed by atoms with E-state index in [9.17, 15) is 4.79 Å². The number of methoxy groups -OCH3 is 3. The first-order valence-electron chi connectivity index (χ1n) is 5.91. The van der Waals surface area contributed by atoms with Gasteiger partial charge < -0.3 is 19.2 Å². The van der Waals surface area contributed by atoms with Gasteiger partial charge in [-0.05, 0) is 49.6 Å². The van der Waals surface area contributed by atoms with Gasteiger partial charge in [0, 0.05) is 5.56 Å². The van der Waals surface area contributed by atoms with E-state index < -0.39 is 5.97 Å². The molecule has 2 aromatic rings. The van der Waals surface area contributed by atoms with Crippen molar-refractivity contribution >= 4 is 37.8 Å². The third kappa shape index (κ3) is 2.94. The summed E-state index contributed by atoms with van der Waals surface area (Å²) in [6.07, 6.45) is 0. The summed E-state index contributed by atoms with van der Waals surface area (Å²) in [5.41, 5.74) is 2.00. The smallest absolute Gasteiger partial charge is 0.355 e. The van der Waals surface area contributed by atoms with Crippen molar-refractivity contribution in [2.24, 2.45) is 0 Å². The number of hydrogen-bond donors (Lipinski definition) is 1. The van der Waals surface area contributed by atoms with Crippen molar-refractivity contribution in [3.8, 4) is 22.6 Å². The van der Waals surface area contributed by atoms with E-state index in [1.807, 2.05) is 12.1 Å². The number of H-pyrrole nitrogens is 1. The molecule has 0 spiro atoms. The first-order valence-corrected chi connectivity index (χ1v) is 7.49. The maximum atomic E-state index is 11.7. The van der Waals surface area contributed by atoms with Gasteiger partial charge in [-0.1, -0.05) is 6.07 Å². The van der Waals surface area contributed by atoms with Crippen molar-refractivity contribution < 1.29 is 19.0 Å². The molecule has 0 atom stereocenters. The maximum Gasteiger partial charge on any atom is 0.355 e. The highest BCUT2D eigenvalue weighted by Gasteiger charge is 2.21. The lowest BCUT2D eigenvalue weighted by atomic mass is 10.1. The van der Waals surface area contributed by atoms with Crippen molar-refractivity contribution in [1.82, 2.24) is 4.98 Å². The molecule has 112 valence electrons. The summed E-state index contributed by atoms with van der Waals surface area (Å²) in [6, 6.07) is 5.51. The standard InChI is InChI=1S/C14H13Br2NO4/c1-19-8-5-4-7(6-9(8)20-2)10-11(15)12(14(18)21-3)17-13(10)16/h4-6,17H,1-3H3. The van der Waals surface area contributed by atoms with Crippen LogP contribution in [0.4, 0.5) is 0 Å². The largest absolute Gasteiger partial charge is 0.493 e. The minimum atomic E-state index is -0.450. The van der Waals surface area contributed by atoms with E-state index in [1.165, 1.54) is 7.11 Å². The molecule has 0 unspecified atom stereocenters. The van der Waals surface area contributed by atoms with Crippen LogP contribution in [0.2, 0.25) is 0 Å². The summed E-state index contributed by atoms with van der Waals surface area (Å²) in [7, 11) is 4.48. The Hall–Kier alpha value is -1.47. The number of aromatic amines is 1. The van der Waals surface area contributed by atoms with Gasteiger partial charge in [-0.2, -0.15) is 0 Å². The lowest BCUT2D eigenvalue weighted by Crippen LogP contribution is -2.02. The van der Waals surface area contributed by atoms with Crippen LogP contribution in [0.25, 0.3) is 11.1 Å². The number of halogens is 2. The van der Waals surface area contributed by atoms with Gasteiger partial charge in [-0.3, -0.25) is 0 Å². The highest BCUT2D eigenvalue weighted by molar-refractivity contribution is 9.11. The van der Waals surface area contributed by atoms with E-state index in [0.717, 1.165) is 11.1 Å². The molecule has 1 N–H and O–H groups in total. The average molecular weight is 419 g/mol. The Labute approximate surface area is 138 Å². The van der Waals surface area contributed by atoms with Crippen molar-refractivity contribution in [2.75, 3.05) is 21.3 Å². The fourth-order valence-electron chi connectivity index (χ4n) is 1.94. The molecule has 0 saturated heterocycles. The summed E-state index contributed by atoms with van der Waals surface area (Å²) >= 11 is 6.85. The Morgan fingerprint density at radius 2 is 1.76 bits per heavy atom. The van der Waals surface area contributed by atoms with Crippen LogP contribution in [0.5, 0.6) is 11.5 Å². The summed E-state index contributed by atoms with van der Waals surface area (Å²) in [4.78, 5) is 14.7. The number of ether oxygens (including phenoxy) is 3. The van der Waals surface area contributed by atoms with E-state index in [1.54, 1.807) is 20.3 Å². The SMILES string of the molecule is COC(=O)c1[nH]c(Br)c(-c2ccc(OC)c(OC)c2)c1Br. The number of carbonyl (C=O) groups excluding carboxylic acids is 1. The third-order valence-corrected chi connectivity index (χ3v) is 4.34. The van der Waals surface area contributed by atoms with E-state index in [0.29, 0.717) is 26.3 Å². The van der Waals surface area contributed by atoms with Crippen molar-refractivity contribution in [1.29, 1.82) is 0 Å². The minimum absolute atomic E-state index is 0.342. The topological polar surface area (TPSA) is 60.6 Å². The predicted octanol–water partition coefficient (Wildman–Crippen LogP) is 4.01. The normalized spacial score (nSPS) is 10.3. The summed E-state index contributed by atoms with van der Waals surface area (Å²) < 4.78 is 16.5. The summed E-state index contributed by atoms with van der Waals surface area (Å²) in [5, 5.41) is 0. The van der Waals surface area contributed by atoms with E-state index >= 15 is 0 Å². The molecule has 0 aliphatic rings. The lowest BCUT2D eigenvalue weighted by molar-refractivity contribution is 0.0593. The molecule has 0 aliphatic carbocycles. The molecule has 7 heteroatoms. The van der Waals surface area contributed by atoms with Crippen LogP contribution in [0.1, 0.15) is 10.5 Å². The second kappa shape index (κ2) is 6.53. The van der Waals surface area contributed by atoms with Crippen LogP contribution in [0.3, 0.4) is 0 Å². The molecule has 1 heterocycles. The molecule has 0 amide bonds. The van der Waals surface area contributed by atoms with E-state index in [4.69, 9.17) is 14.2 Å². The Kier molecular flexibility index (Phi) is 4.95. The van der Waals surface area contributed by atoms with Gasteiger partial charge in [0.1, 0.15) is 5.69 Å². The minimum Gasteiger partial charge on any atom is -0.493 e. The number of esters is 1. The summed E-state index contributed by atoms with van der Waals surface area (Å²) in [6.45, 7) is 0. The third-order valence-electron chi connectivity index (χ3n) is 2.95. The van der Waals surface area contributed by atoms with E-state index in [2.05, 4.69) is 36.8 Å². The fourth-order valence-corrected chi connectivity index (χ4v) is 3.52. The average Bonchev–Trinajstić information content (AvgIpc) is 2.80. The predicted molar refractivity (Wildman–Crippen MR) is 86.1 cm³/mol. The summed E-state index contributed by atoms with van der Waals surface area (Å²) in [5.74, 6) is 0.793. The number of hydrogen-bond acceptors (Lipinski definition) is 4. The van der Waals surface area contributed by atoms with Crippen molar-refractivity contribution in [3.63, 3.8) is 0 Å². The second-order valence-corrected chi connectivity index (χ2v) is 5.65. The van der Waals surface area contributed by atoms with Crippen molar-refractivity contribution in [3.05, 3.63) is 33.0 Å². The number of carbonyl (C=O) groups is 1. The molecular weight excluding hydrogens is 406 g/mol. The van der Waals surface area contributed by atoms with Crippen LogP contribution in [-0.2, 0) is 4.74 Å². The molecule has 0 saturated carbocycles. The van der Waals surface area contributed by atoms with Crippen LogP contribution in [0, 0.1) is 0 Å². The molecule has 1 aromatic carbocycles. The molecule has 0 aliphatic heterocycles. The van der Waals surface area contributed by atoms with E-state index in [-0.39, 0.29) is 0 Å². The Balaban J connectivity index is 2.57. The molecule has 0 fully saturated rings. The fraction of sp³-hybridized carbons (Fsp3) is 0.214.